The summed E-state index contributed by atoms with van der Waals surface area (Å²) in [4.78, 5) is 0. The lowest BCUT2D eigenvalue weighted by Gasteiger charge is -2.46. The molecule has 0 aliphatic heterocycles. The molecule has 0 saturated heterocycles. The molecule has 14 heavy (non-hydrogen) atoms. The third kappa shape index (κ3) is 1.41. The van der Waals surface area contributed by atoms with Crippen LogP contribution in [0.4, 0.5) is 0 Å². The van der Waals surface area contributed by atoms with Crippen LogP contribution in [0.25, 0.3) is 0 Å². The molecule has 1 aliphatic rings. The molecule has 1 heterocycles. The summed E-state index contributed by atoms with van der Waals surface area (Å²) in [5.74, 6) is 0. The summed E-state index contributed by atoms with van der Waals surface area (Å²) in [6.45, 7) is 4.37. The first kappa shape index (κ1) is 10.2. The predicted octanol–water partition coefficient (Wildman–Crippen LogP) is 3.54. The second kappa shape index (κ2) is 3.35. The normalized spacial score (nSPS) is 31.6. The Morgan fingerprint density at radius 2 is 2.00 bits per heavy atom. The smallest absolute Gasteiger partial charge is 0.0955 e. The molecule has 1 nitrogen and oxygen atoms in total. The SMILES string of the molecule is CC1(C)CCCCC1(O)c1ccsc1. The van der Waals surface area contributed by atoms with Gasteiger partial charge >= 0.3 is 0 Å². The van der Waals surface area contributed by atoms with Gasteiger partial charge in [-0.1, -0.05) is 26.7 Å². The molecule has 2 rings (SSSR count). The maximum Gasteiger partial charge on any atom is 0.0955 e. The minimum Gasteiger partial charge on any atom is -0.385 e. The van der Waals surface area contributed by atoms with Crippen LogP contribution in [-0.4, -0.2) is 5.11 Å². The summed E-state index contributed by atoms with van der Waals surface area (Å²) in [6.07, 6.45) is 4.44. The number of hydrogen-bond donors (Lipinski definition) is 1. The Morgan fingerprint density at radius 3 is 2.57 bits per heavy atom. The summed E-state index contributed by atoms with van der Waals surface area (Å²) in [7, 11) is 0. The Balaban J connectivity index is 2.37. The first-order chi connectivity index (χ1) is 6.56. The van der Waals surface area contributed by atoms with Gasteiger partial charge in [-0.25, -0.2) is 0 Å². The maximum absolute atomic E-state index is 10.8. The minimum absolute atomic E-state index is 0.0202. The largest absolute Gasteiger partial charge is 0.385 e. The van der Waals surface area contributed by atoms with E-state index in [1.54, 1.807) is 11.3 Å². The summed E-state index contributed by atoms with van der Waals surface area (Å²) in [6, 6.07) is 2.07. The average Bonchev–Trinajstić information content (AvgIpc) is 2.63. The van der Waals surface area contributed by atoms with E-state index in [0.717, 1.165) is 24.8 Å². The molecule has 1 aromatic rings. The van der Waals surface area contributed by atoms with Gasteiger partial charge in [0, 0.05) is 0 Å². The van der Waals surface area contributed by atoms with Crippen LogP contribution in [0.2, 0.25) is 0 Å². The fraction of sp³-hybridized carbons (Fsp3) is 0.667. The Hall–Kier alpha value is -0.340. The molecule has 0 amide bonds. The van der Waals surface area contributed by atoms with E-state index in [1.165, 1.54) is 6.42 Å². The molecule has 0 radical (unpaired) electrons. The number of rotatable bonds is 1. The van der Waals surface area contributed by atoms with Crippen molar-refractivity contribution in [1.82, 2.24) is 0 Å². The molecule has 1 unspecified atom stereocenters. The van der Waals surface area contributed by atoms with Crippen molar-refractivity contribution in [3.8, 4) is 0 Å². The van der Waals surface area contributed by atoms with Gasteiger partial charge in [0.2, 0.25) is 0 Å². The standard InChI is InChI=1S/C12H18OS/c1-11(2)6-3-4-7-12(11,13)10-5-8-14-9-10/h5,8-9,13H,3-4,6-7H2,1-2H3. The molecular formula is C12H18OS. The van der Waals surface area contributed by atoms with Crippen LogP contribution < -0.4 is 0 Å². The average molecular weight is 210 g/mol. The van der Waals surface area contributed by atoms with E-state index >= 15 is 0 Å². The van der Waals surface area contributed by atoms with Crippen molar-refractivity contribution < 1.29 is 5.11 Å². The Bertz CT molecular complexity index is 302. The van der Waals surface area contributed by atoms with Gasteiger partial charge in [-0.15, -0.1) is 0 Å². The molecule has 2 heteroatoms. The van der Waals surface area contributed by atoms with Crippen LogP contribution >= 0.6 is 11.3 Å². The molecule has 78 valence electrons. The zero-order chi connectivity index (χ0) is 10.2. The number of aliphatic hydroxyl groups is 1. The first-order valence-electron chi connectivity index (χ1n) is 5.31. The fourth-order valence-electron chi connectivity index (χ4n) is 2.53. The van der Waals surface area contributed by atoms with Gasteiger partial charge in [0.15, 0.2) is 0 Å². The van der Waals surface area contributed by atoms with E-state index in [2.05, 4.69) is 30.7 Å². The van der Waals surface area contributed by atoms with Crippen LogP contribution in [-0.2, 0) is 5.60 Å². The lowest BCUT2D eigenvalue weighted by Crippen LogP contribution is -2.44. The molecule has 0 bridgehead atoms. The molecule has 1 aromatic heterocycles. The predicted molar refractivity (Wildman–Crippen MR) is 60.5 cm³/mol. The zero-order valence-corrected chi connectivity index (χ0v) is 9.73. The second-order valence-corrected chi connectivity index (χ2v) is 5.74. The molecule has 1 N–H and O–H groups in total. The van der Waals surface area contributed by atoms with E-state index in [1.807, 2.05) is 0 Å². The van der Waals surface area contributed by atoms with Crippen molar-refractivity contribution in [3.63, 3.8) is 0 Å². The molecule has 1 fully saturated rings. The summed E-state index contributed by atoms with van der Waals surface area (Å²) >= 11 is 1.67. The number of thiophene rings is 1. The monoisotopic (exact) mass is 210 g/mol. The van der Waals surface area contributed by atoms with Crippen molar-refractivity contribution in [2.24, 2.45) is 5.41 Å². The quantitative estimate of drug-likeness (QED) is 0.751. The van der Waals surface area contributed by atoms with Crippen LogP contribution in [0, 0.1) is 5.41 Å². The Kier molecular flexibility index (Phi) is 2.44. The second-order valence-electron chi connectivity index (χ2n) is 4.96. The molecular weight excluding hydrogens is 192 g/mol. The summed E-state index contributed by atoms with van der Waals surface area (Å²) < 4.78 is 0. The van der Waals surface area contributed by atoms with Crippen molar-refractivity contribution in [3.05, 3.63) is 22.4 Å². The van der Waals surface area contributed by atoms with Gasteiger partial charge in [-0.3, -0.25) is 0 Å². The van der Waals surface area contributed by atoms with Crippen LogP contribution in [0.3, 0.4) is 0 Å². The highest BCUT2D eigenvalue weighted by Crippen LogP contribution is 2.50. The van der Waals surface area contributed by atoms with Crippen molar-refractivity contribution >= 4 is 11.3 Å². The molecule has 1 aliphatic carbocycles. The van der Waals surface area contributed by atoms with Crippen molar-refractivity contribution in [1.29, 1.82) is 0 Å². The maximum atomic E-state index is 10.8. The first-order valence-corrected chi connectivity index (χ1v) is 6.26. The molecule has 0 spiro atoms. The highest BCUT2D eigenvalue weighted by Gasteiger charge is 2.46. The van der Waals surface area contributed by atoms with Gasteiger partial charge in [0.25, 0.3) is 0 Å². The van der Waals surface area contributed by atoms with Crippen LogP contribution in [0.5, 0.6) is 0 Å². The van der Waals surface area contributed by atoms with Gasteiger partial charge in [-0.2, -0.15) is 11.3 Å². The van der Waals surface area contributed by atoms with Crippen molar-refractivity contribution in [2.75, 3.05) is 0 Å². The fourth-order valence-corrected chi connectivity index (χ4v) is 3.25. The zero-order valence-electron chi connectivity index (χ0n) is 8.92. The van der Waals surface area contributed by atoms with Crippen LogP contribution in [0.15, 0.2) is 16.8 Å². The summed E-state index contributed by atoms with van der Waals surface area (Å²) in [5.41, 5.74) is 0.546. The highest BCUT2D eigenvalue weighted by molar-refractivity contribution is 7.08. The summed E-state index contributed by atoms with van der Waals surface area (Å²) in [5, 5.41) is 14.9. The lowest BCUT2D eigenvalue weighted by molar-refractivity contribution is -0.103. The van der Waals surface area contributed by atoms with Gasteiger partial charge < -0.3 is 5.11 Å². The Morgan fingerprint density at radius 1 is 1.29 bits per heavy atom. The van der Waals surface area contributed by atoms with E-state index < -0.39 is 5.60 Å². The van der Waals surface area contributed by atoms with E-state index in [4.69, 9.17) is 0 Å². The lowest BCUT2D eigenvalue weighted by atomic mass is 9.63. The van der Waals surface area contributed by atoms with Crippen LogP contribution in [0.1, 0.15) is 45.1 Å². The van der Waals surface area contributed by atoms with E-state index in [9.17, 15) is 5.11 Å². The highest BCUT2D eigenvalue weighted by atomic mass is 32.1. The third-order valence-electron chi connectivity index (χ3n) is 3.71. The van der Waals surface area contributed by atoms with Crippen molar-refractivity contribution in [2.45, 2.75) is 45.1 Å². The molecule has 1 atom stereocenters. The molecule has 0 aromatic carbocycles. The molecule has 1 saturated carbocycles. The van der Waals surface area contributed by atoms with Gasteiger partial charge in [0.1, 0.15) is 0 Å². The topological polar surface area (TPSA) is 20.2 Å². The minimum atomic E-state index is -0.592. The van der Waals surface area contributed by atoms with Gasteiger partial charge in [0.05, 0.1) is 5.60 Å². The van der Waals surface area contributed by atoms with Gasteiger partial charge in [-0.05, 0) is 40.6 Å². The van der Waals surface area contributed by atoms with E-state index in [-0.39, 0.29) is 5.41 Å². The Labute approximate surface area is 89.8 Å². The van der Waals surface area contributed by atoms with E-state index in [0.29, 0.717) is 0 Å². The third-order valence-corrected chi connectivity index (χ3v) is 4.39. The number of hydrogen-bond acceptors (Lipinski definition) is 2.